The highest BCUT2D eigenvalue weighted by atomic mass is 16.5. The molecular weight excluding hydrogens is 1830 g/mol. The number of aromatic nitrogens is 9. The van der Waals surface area contributed by atoms with Crippen molar-refractivity contribution in [3.8, 4) is 46.3 Å². The van der Waals surface area contributed by atoms with E-state index in [-0.39, 0.29) is 23.9 Å². The highest BCUT2D eigenvalue weighted by molar-refractivity contribution is 5.60. The highest BCUT2D eigenvalue weighted by Crippen LogP contribution is 2.39. The van der Waals surface area contributed by atoms with E-state index in [4.69, 9.17) is 4.74 Å². The number of rotatable bonds is 71. The number of likely N-dealkylation sites (N-methyl/N-ethyl adjacent to an activating group) is 1. The number of aryl methyl sites for hydroxylation is 12. The van der Waals surface area contributed by atoms with Crippen molar-refractivity contribution in [2.45, 2.75) is 528 Å². The first-order chi connectivity index (χ1) is 70.4. The lowest BCUT2D eigenvalue weighted by atomic mass is 9.87. The molecule has 0 unspecified atom stereocenters. The van der Waals surface area contributed by atoms with Crippen LogP contribution in [-0.4, -0.2) is 154 Å². The second-order valence-corrected chi connectivity index (χ2v) is 44.7. The maximum atomic E-state index is 11.0. The molecule has 22 heteroatoms. The van der Waals surface area contributed by atoms with Crippen molar-refractivity contribution < 1.29 is 45.6 Å². The first kappa shape index (κ1) is 133. The van der Waals surface area contributed by atoms with E-state index in [1.165, 1.54) is 307 Å². The molecule has 0 saturated carbocycles. The number of methoxy groups -OCH3 is 1. The Hall–Kier alpha value is -8.24. The maximum Gasteiger partial charge on any atom is 0.234 e. The molecule has 0 aromatic carbocycles. The van der Waals surface area contributed by atoms with E-state index < -0.39 is 5.60 Å². The van der Waals surface area contributed by atoms with Crippen LogP contribution in [0.1, 0.15) is 507 Å². The Morgan fingerprint density at radius 2 is 0.701 bits per heavy atom. The number of anilines is 4. The summed E-state index contributed by atoms with van der Waals surface area (Å²) in [6.45, 7) is 37.0. The van der Waals surface area contributed by atoms with Crippen LogP contribution in [0.15, 0.2) is 30.3 Å². The van der Waals surface area contributed by atoms with Crippen LogP contribution < -0.4 is 24.3 Å². The third-order valence-electron chi connectivity index (χ3n) is 29.4. The molecule has 0 spiro atoms. The summed E-state index contributed by atoms with van der Waals surface area (Å²) in [5.74, 6) is 8.81. The van der Waals surface area contributed by atoms with Crippen molar-refractivity contribution in [2.24, 2.45) is 17.8 Å². The number of unbranched alkanes of at least 4 members (excludes halogenated alkanes) is 40. The van der Waals surface area contributed by atoms with Gasteiger partial charge < -0.3 is 65.2 Å². The van der Waals surface area contributed by atoms with Gasteiger partial charge in [0.05, 0.1) is 64.9 Å². The minimum atomic E-state index is -0.689. The van der Waals surface area contributed by atoms with Gasteiger partial charge in [-0.25, -0.2) is 39.9 Å². The summed E-state index contributed by atoms with van der Waals surface area (Å²) < 4.78 is 7.21. The highest BCUT2D eigenvalue weighted by Gasteiger charge is 2.29. The summed E-state index contributed by atoms with van der Waals surface area (Å²) in [6.07, 6.45) is 76.2. The summed E-state index contributed by atoms with van der Waals surface area (Å²) >= 11 is 0. The van der Waals surface area contributed by atoms with Gasteiger partial charge in [0.2, 0.25) is 17.8 Å². The van der Waals surface area contributed by atoms with Crippen LogP contribution in [-0.2, 0) is 51.6 Å². The summed E-state index contributed by atoms with van der Waals surface area (Å²) in [4.78, 5) is 43.9. The predicted molar refractivity (Wildman–Crippen MR) is 624 cm³/mol. The Kier molecular flexibility index (Phi) is 71.3. The molecule has 1 aliphatic rings. The molecule has 8 heterocycles. The number of aliphatic hydroxyl groups excluding tert-OH is 1. The van der Waals surface area contributed by atoms with Crippen molar-refractivity contribution in [2.75, 3.05) is 82.6 Å². The molecule has 0 saturated heterocycles. The topological polar surface area (TPSA) is 292 Å². The van der Waals surface area contributed by atoms with Crippen LogP contribution in [0, 0.1) is 66.2 Å². The zero-order valence-corrected chi connectivity index (χ0v) is 98.7. The summed E-state index contributed by atoms with van der Waals surface area (Å²) in [5.41, 5.74) is 12.0. The van der Waals surface area contributed by atoms with Crippen LogP contribution >= 0.6 is 0 Å². The van der Waals surface area contributed by atoms with Crippen molar-refractivity contribution in [3.05, 3.63) is 115 Å². The monoisotopic (exact) mass is 2050 g/mol. The Morgan fingerprint density at radius 1 is 0.361 bits per heavy atom. The number of aliphatic hydroxyl groups is 2. The van der Waals surface area contributed by atoms with Crippen LogP contribution in [0.4, 0.5) is 23.4 Å². The van der Waals surface area contributed by atoms with Crippen molar-refractivity contribution in [1.82, 2.24) is 44.4 Å². The van der Waals surface area contributed by atoms with E-state index in [1.807, 2.05) is 109 Å². The molecule has 8 rings (SSSR count). The van der Waals surface area contributed by atoms with Crippen molar-refractivity contribution in [1.29, 1.82) is 0 Å². The Labute approximate surface area is 897 Å². The van der Waals surface area contributed by atoms with Crippen LogP contribution in [0.3, 0.4) is 0 Å². The molecule has 147 heavy (non-hydrogen) atoms. The third kappa shape index (κ3) is 55.6. The average Bonchev–Trinajstić information content (AvgIpc) is 1.60. The van der Waals surface area contributed by atoms with Gasteiger partial charge >= 0.3 is 0 Å². The normalized spacial score (nSPS) is 12.4. The van der Waals surface area contributed by atoms with Gasteiger partial charge in [-0.3, -0.25) is 4.57 Å². The van der Waals surface area contributed by atoms with Gasteiger partial charge in [-0.05, 0) is 198 Å². The SMILES string of the molecule is CCCCCCCCCCCc1nc(-n2c(C)ccc2C)nc(C)c1O.CCCCCCCCCCCc1nc(N(C)C)cc(C)c1O.CCCCCCCCCCCc1nc(N(C)C)cc(CO)c1O.CCCCCCCCCCCc1nc(N(C)C)nc(C)c1O.CCCCCCCCCCCc1nc(OC)cc(C)c1O.Cc1nc2c(c(CC[C@@](C)(O)CCC[C@H](C)CCC[C@H](C)CCCC(C)C)c1O)CCN2C. The lowest BCUT2D eigenvalue weighted by Crippen LogP contribution is -2.25. The first-order valence-electron chi connectivity index (χ1n) is 59.1. The van der Waals surface area contributed by atoms with E-state index in [0.29, 0.717) is 76.2 Å². The fourth-order valence-corrected chi connectivity index (χ4v) is 19.5. The smallest absolute Gasteiger partial charge is 0.234 e. The molecule has 0 radical (unpaired) electrons. The quantitative estimate of drug-likeness (QED) is 0.0164. The molecule has 0 fully saturated rings. The molecule has 838 valence electrons. The lowest BCUT2D eigenvalue weighted by Gasteiger charge is -2.25. The largest absolute Gasteiger partial charge is 0.506 e. The van der Waals surface area contributed by atoms with Crippen molar-refractivity contribution >= 4 is 23.4 Å². The van der Waals surface area contributed by atoms with Gasteiger partial charge in [-0.1, -0.05) is 371 Å². The molecule has 8 N–H and O–H groups in total. The Balaban J connectivity index is 0.000000457. The Bertz CT molecular complexity index is 4480. The molecule has 0 aliphatic carbocycles. The molecule has 7 aromatic heterocycles. The molecular formula is C125H219N13O9. The number of fused-ring (bicyclic) bond motifs is 1. The summed E-state index contributed by atoms with van der Waals surface area (Å²) in [5, 5.41) is 81.8. The van der Waals surface area contributed by atoms with Crippen LogP contribution in [0.2, 0.25) is 0 Å². The lowest BCUT2D eigenvalue weighted by molar-refractivity contribution is 0.0384. The number of hydrogen-bond acceptors (Lipinski definition) is 21. The van der Waals surface area contributed by atoms with E-state index in [1.54, 1.807) is 19.2 Å². The first-order valence-corrected chi connectivity index (χ1v) is 59.1. The fourth-order valence-electron chi connectivity index (χ4n) is 19.5. The van der Waals surface area contributed by atoms with Gasteiger partial charge in [0.1, 0.15) is 40.5 Å². The molecule has 3 atom stereocenters. The van der Waals surface area contributed by atoms with E-state index >= 15 is 0 Å². The third-order valence-corrected chi connectivity index (χ3v) is 29.4. The standard InChI is InChI=1S/C29H52N2O2.C22H35N3O.C19H34N2O2.C19H34N2O.C18H33N3O.C18H31NO2/c1-21(2)11-8-12-22(3)13-9-14-23(4)15-10-18-29(6,33)19-16-25-26-17-20-31(7)28(26)30-24(5)27(25)32;1-5-6-7-8-9-10-11-12-13-14-20-21(26)19(4)23-22(24-20)25-17(2)15-16-18(25)3;1-4-5-6-7-8-9-10-11-12-13-17-19(23)16(15-22)14-18(20-17)21(2)3;1-5-6-7-8-9-10-11-12-13-14-17-19(22)16(2)15-18(20-17)21(3)4;1-5-6-7-8-9-10-11-12-13-14-16-17(22)15(2)19-18(20-16)21(3)4;1-4-5-6-7-8-9-10-11-12-13-16-18(20)15(2)14-17(19-16)21-3/h21-23,32-33H,8-20H2,1-7H3;15-16,26H,5-14H2,1-4H3;14,22-23H,4-13,15H2,1-3H3;15,22H,5-14H2,1-4H3;22H,5-14H2,1-4H3;14,20H,4-13H2,1-3H3/t22-,23-,29+;;;;;/m1...../s1. The predicted octanol–water partition coefficient (Wildman–Crippen LogP) is 32.6. The second kappa shape index (κ2) is 78.9. The number of aromatic hydroxyl groups is 6. The fraction of sp³-hybridized carbons (Fsp3) is 0.744. The number of ether oxygens (including phenoxy) is 1. The Morgan fingerprint density at radius 3 is 1.08 bits per heavy atom. The van der Waals surface area contributed by atoms with Gasteiger partial charge in [-0.15, -0.1) is 0 Å². The van der Waals surface area contributed by atoms with E-state index in [2.05, 4.69) is 140 Å². The molecule has 0 amide bonds. The average molecular weight is 2050 g/mol. The van der Waals surface area contributed by atoms with Crippen molar-refractivity contribution in [3.63, 3.8) is 0 Å². The van der Waals surface area contributed by atoms with Crippen LogP contribution in [0.5, 0.6) is 40.4 Å². The summed E-state index contributed by atoms with van der Waals surface area (Å²) in [7, 11) is 15.3. The molecule has 1 aliphatic heterocycles. The zero-order chi connectivity index (χ0) is 109. The van der Waals surface area contributed by atoms with Gasteiger partial charge in [0.15, 0.2) is 11.5 Å². The number of pyridine rings is 4. The van der Waals surface area contributed by atoms with Gasteiger partial charge in [0, 0.05) is 90.0 Å². The molecule has 7 aromatic rings. The molecule has 0 bridgehead atoms. The van der Waals surface area contributed by atoms with Gasteiger partial charge in [0.25, 0.3) is 0 Å². The minimum absolute atomic E-state index is 0.153. The van der Waals surface area contributed by atoms with Crippen LogP contribution in [0.25, 0.3) is 5.95 Å². The second-order valence-electron chi connectivity index (χ2n) is 44.7. The zero-order valence-electron chi connectivity index (χ0n) is 98.7. The summed E-state index contributed by atoms with van der Waals surface area (Å²) in [6, 6.07) is 9.60. The maximum absolute atomic E-state index is 11.0. The number of hydrogen-bond donors (Lipinski definition) is 8. The minimum Gasteiger partial charge on any atom is -0.506 e. The number of nitrogens with zero attached hydrogens (tertiary/aromatic N) is 13. The molecule has 22 nitrogen and oxygen atoms in total. The van der Waals surface area contributed by atoms with Gasteiger partial charge in [-0.2, -0.15) is 0 Å². The van der Waals surface area contributed by atoms with E-state index in [0.717, 1.165) is 176 Å². The van der Waals surface area contributed by atoms with E-state index in [9.17, 15) is 40.9 Å².